The lowest BCUT2D eigenvalue weighted by Gasteiger charge is -2.22. The second-order valence-electron chi connectivity index (χ2n) is 3.80. The smallest absolute Gasteiger partial charge is 0.255 e. The zero-order valence-electron chi connectivity index (χ0n) is 9.02. The summed E-state index contributed by atoms with van der Waals surface area (Å²) in [5.41, 5.74) is 0.554. The van der Waals surface area contributed by atoms with Gasteiger partial charge in [0.2, 0.25) is 0 Å². The fourth-order valence-electron chi connectivity index (χ4n) is 1.70. The van der Waals surface area contributed by atoms with Crippen LogP contribution in [-0.2, 0) is 4.74 Å². The van der Waals surface area contributed by atoms with Crippen LogP contribution >= 0.6 is 11.6 Å². The number of pyridine rings is 1. The number of rotatable bonds is 2. The molecule has 1 aromatic rings. The highest BCUT2D eigenvalue weighted by Crippen LogP contribution is 2.14. The van der Waals surface area contributed by atoms with Gasteiger partial charge in [0, 0.05) is 19.9 Å². The van der Waals surface area contributed by atoms with Crippen LogP contribution in [0.2, 0.25) is 5.15 Å². The van der Waals surface area contributed by atoms with Crippen molar-refractivity contribution in [3.05, 3.63) is 29.0 Å². The van der Waals surface area contributed by atoms with Crippen LogP contribution in [0.5, 0.6) is 0 Å². The van der Waals surface area contributed by atoms with Gasteiger partial charge >= 0.3 is 0 Å². The van der Waals surface area contributed by atoms with Crippen LogP contribution in [0, 0.1) is 0 Å². The molecule has 0 saturated carbocycles. The topological polar surface area (TPSA) is 42.4 Å². The molecule has 1 atom stereocenters. The van der Waals surface area contributed by atoms with Gasteiger partial charge in [-0.1, -0.05) is 11.6 Å². The molecule has 0 bridgehead atoms. The van der Waals surface area contributed by atoms with Gasteiger partial charge < -0.3 is 9.64 Å². The van der Waals surface area contributed by atoms with E-state index in [9.17, 15) is 4.79 Å². The van der Waals surface area contributed by atoms with Crippen molar-refractivity contribution in [3.63, 3.8) is 0 Å². The molecule has 1 amide bonds. The van der Waals surface area contributed by atoms with E-state index in [2.05, 4.69) is 4.98 Å². The maximum Gasteiger partial charge on any atom is 0.255 e. The molecule has 0 spiro atoms. The molecule has 4 nitrogen and oxygen atoms in total. The molecule has 2 rings (SSSR count). The number of aromatic nitrogens is 1. The standard InChI is InChI=1S/C11H13ClN2O2/c1-14(9-4-5-16-7-9)11(15)8-2-3-10(12)13-6-8/h2-3,6,9H,4-5,7H2,1H3. The zero-order chi connectivity index (χ0) is 11.5. The van der Waals surface area contributed by atoms with Crippen molar-refractivity contribution in [1.29, 1.82) is 0 Å². The summed E-state index contributed by atoms with van der Waals surface area (Å²) in [6.07, 6.45) is 2.39. The van der Waals surface area contributed by atoms with Crippen LogP contribution in [-0.4, -0.2) is 42.1 Å². The monoisotopic (exact) mass is 240 g/mol. The predicted octanol–water partition coefficient (Wildman–Crippen LogP) is 1.60. The fourth-order valence-corrected chi connectivity index (χ4v) is 1.81. The first kappa shape index (κ1) is 11.4. The molecule has 1 unspecified atom stereocenters. The van der Waals surface area contributed by atoms with Crippen molar-refractivity contribution in [3.8, 4) is 0 Å². The number of ether oxygens (including phenoxy) is 1. The Morgan fingerprint density at radius 1 is 1.62 bits per heavy atom. The molecular weight excluding hydrogens is 228 g/mol. The number of hydrogen-bond acceptors (Lipinski definition) is 3. The minimum atomic E-state index is -0.0420. The highest BCUT2D eigenvalue weighted by atomic mass is 35.5. The van der Waals surface area contributed by atoms with Crippen LogP contribution in [0.4, 0.5) is 0 Å². The number of halogens is 1. The van der Waals surface area contributed by atoms with Gasteiger partial charge in [0.25, 0.3) is 5.91 Å². The van der Waals surface area contributed by atoms with E-state index in [0.29, 0.717) is 17.3 Å². The lowest BCUT2D eigenvalue weighted by Crippen LogP contribution is -2.37. The molecule has 0 N–H and O–H groups in total. The van der Waals surface area contributed by atoms with Crippen LogP contribution < -0.4 is 0 Å². The molecule has 0 aliphatic carbocycles. The first-order valence-corrected chi connectivity index (χ1v) is 5.53. The lowest BCUT2D eigenvalue weighted by atomic mass is 10.2. The molecule has 1 aliphatic heterocycles. The summed E-state index contributed by atoms with van der Waals surface area (Å²) >= 11 is 5.67. The molecule has 1 aliphatic rings. The van der Waals surface area contributed by atoms with Crippen LogP contribution in [0.1, 0.15) is 16.8 Å². The summed E-state index contributed by atoms with van der Waals surface area (Å²) in [7, 11) is 1.79. The van der Waals surface area contributed by atoms with E-state index in [4.69, 9.17) is 16.3 Å². The molecule has 86 valence electrons. The maximum atomic E-state index is 12.0. The van der Waals surface area contributed by atoms with Crippen molar-refractivity contribution in [2.24, 2.45) is 0 Å². The molecule has 1 fully saturated rings. The largest absolute Gasteiger partial charge is 0.379 e. The van der Waals surface area contributed by atoms with Gasteiger partial charge in [0.05, 0.1) is 18.2 Å². The highest BCUT2D eigenvalue weighted by Gasteiger charge is 2.24. The Hall–Kier alpha value is -1.13. The third-order valence-electron chi connectivity index (χ3n) is 2.75. The predicted molar refractivity (Wildman–Crippen MR) is 60.6 cm³/mol. The van der Waals surface area contributed by atoms with Crippen molar-refractivity contribution in [2.75, 3.05) is 20.3 Å². The van der Waals surface area contributed by atoms with Crippen LogP contribution in [0.15, 0.2) is 18.3 Å². The molecule has 0 radical (unpaired) electrons. The molecule has 1 saturated heterocycles. The number of carbonyl (C=O) groups is 1. The van der Waals surface area contributed by atoms with Gasteiger partial charge in [-0.3, -0.25) is 4.79 Å². The Bertz CT molecular complexity index is 374. The van der Waals surface area contributed by atoms with E-state index in [1.165, 1.54) is 6.20 Å². The zero-order valence-corrected chi connectivity index (χ0v) is 9.78. The third kappa shape index (κ3) is 2.33. The molecule has 1 aromatic heterocycles. The van der Waals surface area contributed by atoms with Crippen molar-refractivity contribution in [2.45, 2.75) is 12.5 Å². The summed E-state index contributed by atoms with van der Waals surface area (Å²) in [6, 6.07) is 3.47. The number of amides is 1. The van der Waals surface area contributed by atoms with Crippen molar-refractivity contribution in [1.82, 2.24) is 9.88 Å². The van der Waals surface area contributed by atoms with Crippen molar-refractivity contribution < 1.29 is 9.53 Å². The van der Waals surface area contributed by atoms with E-state index in [1.54, 1.807) is 24.1 Å². The van der Waals surface area contributed by atoms with E-state index in [-0.39, 0.29) is 11.9 Å². The normalized spacial score (nSPS) is 19.8. The van der Waals surface area contributed by atoms with Crippen molar-refractivity contribution >= 4 is 17.5 Å². The van der Waals surface area contributed by atoms with Gasteiger partial charge in [0.15, 0.2) is 0 Å². The highest BCUT2D eigenvalue weighted by molar-refractivity contribution is 6.29. The molecule has 2 heterocycles. The Balaban J connectivity index is 2.08. The maximum absolute atomic E-state index is 12.0. The quantitative estimate of drug-likeness (QED) is 0.738. The average molecular weight is 241 g/mol. The minimum Gasteiger partial charge on any atom is -0.379 e. The molecular formula is C11H13ClN2O2. The Labute approximate surface area is 99.2 Å². The Kier molecular flexibility index (Phi) is 3.41. The number of hydrogen-bond donors (Lipinski definition) is 0. The minimum absolute atomic E-state index is 0.0420. The third-order valence-corrected chi connectivity index (χ3v) is 2.97. The van der Waals surface area contributed by atoms with Gasteiger partial charge in [-0.2, -0.15) is 0 Å². The van der Waals surface area contributed by atoms with E-state index in [0.717, 1.165) is 13.0 Å². The van der Waals surface area contributed by atoms with Gasteiger partial charge in [-0.15, -0.1) is 0 Å². The average Bonchev–Trinajstić information content (AvgIpc) is 2.81. The molecule has 0 aromatic carbocycles. The van der Waals surface area contributed by atoms with Crippen LogP contribution in [0.3, 0.4) is 0 Å². The summed E-state index contributed by atoms with van der Waals surface area (Å²) in [5, 5.41) is 0.392. The number of carbonyl (C=O) groups excluding carboxylic acids is 1. The molecule has 5 heteroatoms. The second-order valence-corrected chi connectivity index (χ2v) is 4.19. The van der Waals surface area contributed by atoms with E-state index < -0.39 is 0 Å². The fraction of sp³-hybridized carbons (Fsp3) is 0.455. The van der Waals surface area contributed by atoms with Gasteiger partial charge in [-0.25, -0.2) is 4.98 Å². The van der Waals surface area contributed by atoms with Gasteiger partial charge in [-0.05, 0) is 18.6 Å². The van der Waals surface area contributed by atoms with E-state index in [1.807, 2.05) is 0 Å². The Morgan fingerprint density at radius 2 is 2.44 bits per heavy atom. The number of nitrogens with zero attached hydrogens (tertiary/aromatic N) is 2. The number of likely N-dealkylation sites (N-methyl/N-ethyl adjacent to an activating group) is 1. The summed E-state index contributed by atoms with van der Waals surface area (Å²) in [4.78, 5) is 17.6. The lowest BCUT2D eigenvalue weighted by molar-refractivity contribution is 0.0711. The Morgan fingerprint density at radius 3 is 3.00 bits per heavy atom. The first-order chi connectivity index (χ1) is 7.68. The first-order valence-electron chi connectivity index (χ1n) is 5.15. The molecule has 16 heavy (non-hydrogen) atoms. The van der Waals surface area contributed by atoms with E-state index >= 15 is 0 Å². The second kappa shape index (κ2) is 4.80. The summed E-state index contributed by atoms with van der Waals surface area (Å²) in [6.45, 7) is 1.34. The summed E-state index contributed by atoms with van der Waals surface area (Å²) < 4.78 is 5.25. The summed E-state index contributed by atoms with van der Waals surface area (Å²) in [5.74, 6) is -0.0420. The van der Waals surface area contributed by atoms with Crippen LogP contribution in [0.25, 0.3) is 0 Å². The van der Waals surface area contributed by atoms with Gasteiger partial charge in [0.1, 0.15) is 5.15 Å². The SMILES string of the molecule is CN(C(=O)c1ccc(Cl)nc1)C1CCOC1.